The molecule has 0 spiro atoms. The molecule has 0 atom stereocenters. The maximum atomic E-state index is 4.75. The molecule has 0 amide bonds. The number of nitrogens with zero attached hydrogens (tertiary/aromatic N) is 6. The summed E-state index contributed by atoms with van der Waals surface area (Å²) in [6.07, 6.45) is 1.82. The molecule has 0 radical (unpaired) electrons. The zero-order valence-electron chi connectivity index (χ0n) is 28.7. The smallest absolute Gasteiger partial charge is 0.168 e. The fourth-order valence-corrected chi connectivity index (χ4v) is 7.43. The number of anilines is 3. The van der Waals surface area contributed by atoms with Crippen molar-refractivity contribution in [3.8, 4) is 34.2 Å². The van der Waals surface area contributed by atoms with Crippen LogP contribution in [0, 0.1) is 0 Å². The molecule has 0 saturated heterocycles. The minimum atomic E-state index is 0.767. The van der Waals surface area contributed by atoms with Gasteiger partial charge in [0.25, 0.3) is 0 Å². The van der Waals surface area contributed by atoms with Crippen molar-refractivity contribution in [3.63, 3.8) is 0 Å². The topological polar surface area (TPSA) is 51.8 Å². The van der Waals surface area contributed by atoms with Gasteiger partial charge >= 0.3 is 0 Å². The SMILES string of the molecule is c1ccc(-c2nnc(-c3ccc4ncccc4c3)n2-c2ccc(N(c3ccccc3)c3ccc(-n4c5ccccc5c5ccccc54)cc3)cc2)cc1. The number of pyridine rings is 1. The standard InChI is InChI=1S/C47H32N6/c1-3-12-33(13-4-1)46-49-50-47(35-21-30-43-34(32-35)14-11-31-48-43)53(46)40-28-24-38(25-29-40)51(36-15-5-2-6-16-36)37-22-26-39(27-23-37)52-44-19-9-7-17-41(44)42-18-8-10-20-45(42)52/h1-32H. The number of rotatable bonds is 7. The van der Waals surface area contributed by atoms with Crippen molar-refractivity contribution in [2.75, 3.05) is 4.90 Å². The molecule has 6 nitrogen and oxygen atoms in total. The van der Waals surface area contributed by atoms with Crippen molar-refractivity contribution in [1.82, 2.24) is 24.3 Å². The van der Waals surface area contributed by atoms with Gasteiger partial charge in [0.1, 0.15) is 0 Å². The first kappa shape index (κ1) is 30.5. The Bertz CT molecular complexity index is 2820. The number of hydrogen-bond donors (Lipinski definition) is 0. The van der Waals surface area contributed by atoms with E-state index in [1.807, 2.05) is 36.5 Å². The summed E-state index contributed by atoms with van der Waals surface area (Å²) >= 11 is 0. The third-order valence-corrected chi connectivity index (χ3v) is 9.88. The van der Waals surface area contributed by atoms with Crippen LogP contribution in [-0.4, -0.2) is 24.3 Å². The van der Waals surface area contributed by atoms with Gasteiger partial charge in [-0.15, -0.1) is 10.2 Å². The zero-order valence-corrected chi connectivity index (χ0v) is 28.7. The van der Waals surface area contributed by atoms with Crippen LogP contribution in [0.25, 0.3) is 66.9 Å². The predicted molar refractivity (Wildman–Crippen MR) is 217 cm³/mol. The third kappa shape index (κ3) is 5.32. The second kappa shape index (κ2) is 12.8. The fourth-order valence-electron chi connectivity index (χ4n) is 7.43. The Morgan fingerprint density at radius 2 is 0.925 bits per heavy atom. The molecular weight excluding hydrogens is 649 g/mol. The summed E-state index contributed by atoms with van der Waals surface area (Å²) in [6.45, 7) is 0. The summed E-state index contributed by atoms with van der Waals surface area (Å²) in [7, 11) is 0. The Hall–Kier alpha value is -7.31. The van der Waals surface area contributed by atoms with Gasteiger partial charge in [-0.2, -0.15) is 0 Å². The van der Waals surface area contributed by atoms with Gasteiger partial charge in [0.2, 0.25) is 0 Å². The van der Waals surface area contributed by atoms with Crippen molar-refractivity contribution < 1.29 is 0 Å². The normalized spacial score (nSPS) is 11.4. The van der Waals surface area contributed by atoms with Crippen molar-refractivity contribution in [3.05, 3.63) is 194 Å². The van der Waals surface area contributed by atoms with E-state index >= 15 is 0 Å². The van der Waals surface area contributed by atoms with Gasteiger partial charge in [0.15, 0.2) is 11.6 Å². The van der Waals surface area contributed by atoms with Crippen LogP contribution in [0.3, 0.4) is 0 Å². The Labute approximate surface area is 306 Å². The van der Waals surface area contributed by atoms with Crippen LogP contribution >= 0.6 is 0 Å². The van der Waals surface area contributed by atoms with E-state index in [0.717, 1.165) is 62.1 Å². The second-order valence-electron chi connectivity index (χ2n) is 13.0. The van der Waals surface area contributed by atoms with Gasteiger partial charge in [-0.3, -0.25) is 9.55 Å². The van der Waals surface area contributed by atoms with Crippen LogP contribution in [0.5, 0.6) is 0 Å². The van der Waals surface area contributed by atoms with Crippen LogP contribution in [0.15, 0.2) is 194 Å². The quantitative estimate of drug-likeness (QED) is 0.168. The third-order valence-electron chi connectivity index (χ3n) is 9.88. The Balaban J connectivity index is 1.07. The lowest BCUT2D eigenvalue weighted by Crippen LogP contribution is -2.10. The van der Waals surface area contributed by atoms with Gasteiger partial charge in [-0.25, -0.2) is 0 Å². The Morgan fingerprint density at radius 1 is 0.396 bits per heavy atom. The highest BCUT2D eigenvalue weighted by atomic mass is 15.3. The van der Waals surface area contributed by atoms with Crippen molar-refractivity contribution in [1.29, 1.82) is 0 Å². The first-order chi connectivity index (χ1) is 26.3. The maximum Gasteiger partial charge on any atom is 0.168 e. The highest BCUT2D eigenvalue weighted by Gasteiger charge is 2.19. The van der Waals surface area contributed by atoms with Gasteiger partial charge < -0.3 is 9.47 Å². The van der Waals surface area contributed by atoms with E-state index in [2.05, 4.69) is 177 Å². The van der Waals surface area contributed by atoms with Crippen LogP contribution in [0.1, 0.15) is 0 Å². The molecule has 0 saturated carbocycles. The average molecular weight is 681 g/mol. The lowest BCUT2D eigenvalue weighted by molar-refractivity contribution is 1.07. The molecule has 7 aromatic carbocycles. The van der Waals surface area contributed by atoms with E-state index in [0.29, 0.717) is 0 Å². The zero-order chi connectivity index (χ0) is 35.1. The van der Waals surface area contributed by atoms with E-state index in [-0.39, 0.29) is 0 Å². The summed E-state index contributed by atoms with van der Waals surface area (Å²) < 4.78 is 4.49. The summed E-state index contributed by atoms with van der Waals surface area (Å²) in [5.74, 6) is 1.54. The first-order valence-electron chi connectivity index (χ1n) is 17.7. The molecule has 0 aliphatic rings. The van der Waals surface area contributed by atoms with Crippen molar-refractivity contribution in [2.45, 2.75) is 0 Å². The monoisotopic (exact) mass is 680 g/mol. The van der Waals surface area contributed by atoms with Gasteiger partial charge in [0, 0.05) is 61.9 Å². The van der Waals surface area contributed by atoms with Gasteiger partial charge in [0.05, 0.1) is 16.6 Å². The second-order valence-corrected chi connectivity index (χ2v) is 13.0. The van der Waals surface area contributed by atoms with E-state index in [9.17, 15) is 0 Å². The van der Waals surface area contributed by atoms with Crippen molar-refractivity contribution in [2.24, 2.45) is 0 Å². The summed E-state index contributed by atoms with van der Waals surface area (Å²) in [5, 5.41) is 13.0. The molecule has 3 heterocycles. The van der Waals surface area contributed by atoms with Crippen LogP contribution < -0.4 is 4.90 Å². The molecule has 53 heavy (non-hydrogen) atoms. The number of aromatic nitrogens is 5. The fraction of sp³-hybridized carbons (Fsp3) is 0. The van der Waals surface area contributed by atoms with Gasteiger partial charge in [-0.1, -0.05) is 91.0 Å². The summed E-state index contributed by atoms with van der Waals surface area (Å²) in [5.41, 5.74) is 10.6. The number of para-hydroxylation sites is 3. The molecule has 0 bridgehead atoms. The Morgan fingerprint density at radius 3 is 1.57 bits per heavy atom. The van der Waals surface area contributed by atoms with E-state index in [1.54, 1.807) is 0 Å². The van der Waals surface area contributed by atoms with Gasteiger partial charge in [-0.05, 0) is 97.1 Å². The molecule has 0 N–H and O–H groups in total. The molecule has 3 aromatic heterocycles. The minimum Gasteiger partial charge on any atom is -0.311 e. The maximum absolute atomic E-state index is 4.75. The van der Waals surface area contributed by atoms with Crippen molar-refractivity contribution >= 4 is 49.8 Å². The highest BCUT2D eigenvalue weighted by molar-refractivity contribution is 6.09. The molecule has 0 aliphatic carbocycles. The number of fused-ring (bicyclic) bond motifs is 4. The molecule has 6 heteroatoms. The predicted octanol–water partition coefficient (Wildman–Crippen LogP) is 11.7. The summed E-state index contributed by atoms with van der Waals surface area (Å²) in [4.78, 5) is 6.81. The highest BCUT2D eigenvalue weighted by Crippen LogP contribution is 2.38. The molecule has 10 aromatic rings. The molecular formula is C47H32N6. The minimum absolute atomic E-state index is 0.767. The molecule has 0 fully saturated rings. The lowest BCUT2D eigenvalue weighted by atomic mass is 10.1. The Kier molecular flexibility index (Phi) is 7.36. The molecule has 10 rings (SSSR count). The van der Waals surface area contributed by atoms with E-state index < -0.39 is 0 Å². The van der Waals surface area contributed by atoms with E-state index in [1.165, 1.54) is 21.8 Å². The lowest BCUT2D eigenvalue weighted by Gasteiger charge is -2.26. The van der Waals surface area contributed by atoms with Crippen LogP contribution in [0.2, 0.25) is 0 Å². The van der Waals surface area contributed by atoms with Crippen LogP contribution in [-0.2, 0) is 0 Å². The number of hydrogen-bond acceptors (Lipinski definition) is 4. The largest absolute Gasteiger partial charge is 0.311 e. The first-order valence-corrected chi connectivity index (χ1v) is 17.7. The van der Waals surface area contributed by atoms with E-state index in [4.69, 9.17) is 10.2 Å². The number of benzene rings is 7. The molecule has 250 valence electrons. The average Bonchev–Trinajstić information content (AvgIpc) is 3.83. The molecule has 0 unspecified atom stereocenters. The van der Waals surface area contributed by atoms with Crippen LogP contribution in [0.4, 0.5) is 17.1 Å². The summed E-state index contributed by atoms with van der Waals surface area (Å²) in [6, 6.07) is 65.7. The molecule has 0 aliphatic heterocycles.